The minimum Gasteiger partial charge on any atom is -0.481 e. The average Bonchev–Trinajstić information content (AvgIpc) is 1.97. The largest absolute Gasteiger partial charge is 0.481 e. The molecule has 66 valence electrons. The van der Waals surface area contributed by atoms with Crippen LogP contribution in [0.1, 0.15) is 6.92 Å². The van der Waals surface area contributed by atoms with Crippen LogP contribution in [0.25, 0.3) is 0 Å². The lowest BCUT2D eigenvalue weighted by molar-refractivity contribution is -0.140. The molecule has 0 spiro atoms. The minimum atomic E-state index is -0.708. The van der Waals surface area contributed by atoms with E-state index in [0.717, 1.165) is 5.75 Å². The third-order valence-electron chi connectivity index (χ3n) is 1.32. The first kappa shape index (κ1) is 10.8. The van der Waals surface area contributed by atoms with Gasteiger partial charge < -0.3 is 10.4 Å². The molecule has 0 radical (unpaired) electrons. The van der Waals surface area contributed by atoms with Crippen LogP contribution in [-0.4, -0.2) is 36.2 Å². The van der Waals surface area contributed by atoms with Crippen LogP contribution >= 0.6 is 11.8 Å². The maximum Gasteiger partial charge on any atom is 0.308 e. The molecule has 1 atom stereocenters. The maximum atomic E-state index is 10.5. The number of thioether (sulfide) groups is 1. The normalized spacial score (nSPS) is 12.9. The van der Waals surface area contributed by atoms with Gasteiger partial charge >= 0.3 is 5.97 Å². The summed E-state index contributed by atoms with van der Waals surface area (Å²) in [4.78, 5) is 10.5. The monoisotopic (exact) mass is 177 g/mol. The van der Waals surface area contributed by atoms with Crippen LogP contribution in [0.2, 0.25) is 0 Å². The lowest BCUT2D eigenvalue weighted by Crippen LogP contribution is -2.27. The second-order valence-electron chi connectivity index (χ2n) is 2.25. The second-order valence-corrected chi connectivity index (χ2v) is 3.57. The predicted octanol–water partition coefficient (Wildman–Crippen LogP) is 0.660. The molecule has 0 saturated carbocycles. The van der Waals surface area contributed by atoms with Gasteiger partial charge in [-0.1, -0.05) is 6.92 Å². The van der Waals surface area contributed by atoms with Crippen molar-refractivity contribution in [2.75, 3.05) is 25.1 Å². The molecule has 4 heteroatoms. The number of aliphatic carboxylic acids is 1. The summed E-state index contributed by atoms with van der Waals surface area (Å²) in [6, 6.07) is 0. The molecular formula is C7H15NO2S. The van der Waals surface area contributed by atoms with Gasteiger partial charge in [0.2, 0.25) is 0 Å². The van der Waals surface area contributed by atoms with E-state index in [1.54, 1.807) is 18.8 Å². The first-order valence-corrected chi connectivity index (χ1v) is 4.83. The first-order chi connectivity index (χ1) is 5.22. The molecule has 0 unspecified atom stereocenters. The highest BCUT2D eigenvalue weighted by Gasteiger charge is 2.15. The Labute approximate surface area is 71.6 Å². The fourth-order valence-electron chi connectivity index (χ4n) is 0.724. The smallest absolute Gasteiger partial charge is 0.308 e. The Bertz CT molecular complexity index is 119. The quantitative estimate of drug-likeness (QED) is 0.626. The van der Waals surface area contributed by atoms with Crippen LogP contribution in [0.15, 0.2) is 0 Å². The maximum absolute atomic E-state index is 10.5. The molecule has 0 aliphatic carbocycles. The van der Waals surface area contributed by atoms with E-state index in [9.17, 15) is 4.79 Å². The van der Waals surface area contributed by atoms with Crippen LogP contribution in [0, 0.1) is 5.92 Å². The molecule has 0 fully saturated rings. The Morgan fingerprint density at radius 2 is 2.36 bits per heavy atom. The van der Waals surface area contributed by atoms with E-state index < -0.39 is 5.97 Å². The average molecular weight is 177 g/mol. The first-order valence-electron chi connectivity index (χ1n) is 3.67. The summed E-state index contributed by atoms with van der Waals surface area (Å²) in [7, 11) is 1.77. The van der Waals surface area contributed by atoms with E-state index in [0.29, 0.717) is 12.3 Å². The summed E-state index contributed by atoms with van der Waals surface area (Å²) in [5.74, 6) is 0.727. The summed E-state index contributed by atoms with van der Waals surface area (Å²) in [5, 5.41) is 11.5. The Morgan fingerprint density at radius 1 is 1.73 bits per heavy atom. The number of rotatable bonds is 6. The van der Waals surface area contributed by atoms with Crippen molar-refractivity contribution in [3.05, 3.63) is 0 Å². The molecule has 11 heavy (non-hydrogen) atoms. The molecule has 0 amide bonds. The molecule has 0 aliphatic heterocycles. The summed E-state index contributed by atoms with van der Waals surface area (Å²) in [6.45, 7) is 2.59. The van der Waals surface area contributed by atoms with Crippen LogP contribution in [0.5, 0.6) is 0 Å². The Morgan fingerprint density at radius 3 is 2.73 bits per heavy atom. The number of nitrogens with one attached hydrogen (secondary N) is 1. The Kier molecular flexibility index (Phi) is 6.36. The van der Waals surface area contributed by atoms with Crippen molar-refractivity contribution in [1.29, 1.82) is 0 Å². The van der Waals surface area contributed by atoms with Gasteiger partial charge in [-0.15, -0.1) is 0 Å². The number of carboxylic acids is 1. The van der Waals surface area contributed by atoms with E-state index in [2.05, 4.69) is 5.32 Å². The molecule has 3 nitrogen and oxygen atoms in total. The highest BCUT2D eigenvalue weighted by Crippen LogP contribution is 2.07. The van der Waals surface area contributed by atoms with E-state index in [1.807, 2.05) is 6.92 Å². The third-order valence-corrected chi connectivity index (χ3v) is 2.37. The number of hydrogen-bond acceptors (Lipinski definition) is 3. The Balaban J connectivity index is 3.60. The molecule has 0 rings (SSSR count). The molecule has 0 aromatic heterocycles. The van der Waals surface area contributed by atoms with Crippen molar-refractivity contribution in [2.45, 2.75) is 6.92 Å². The van der Waals surface area contributed by atoms with Crippen molar-refractivity contribution in [3.8, 4) is 0 Å². The van der Waals surface area contributed by atoms with Gasteiger partial charge in [0.05, 0.1) is 5.92 Å². The van der Waals surface area contributed by atoms with Gasteiger partial charge in [0, 0.05) is 12.3 Å². The molecule has 0 aromatic carbocycles. The third kappa shape index (κ3) is 5.09. The highest BCUT2D eigenvalue weighted by atomic mass is 32.2. The molecule has 0 aromatic rings. The van der Waals surface area contributed by atoms with Gasteiger partial charge in [-0.25, -0.2) is 0 Å². The van der Waals surface area contributed by atoms with E-state index in [4.69, 9.17) is 5.11 Å². The second kappa shape index (κ2) is 6.49. The number of carbonyl (C=O) groups is 1. The summed E-state index contributed by atoms with van der Waals surface area (Å²) in [6.07, 6.45) is 0. The predicted molar refractivity (Wildman–Crippen MR) is 48.1 cm³/mol. The Hall–Kier alpha value is -0.220. The topological polar surface area (TPSA) is 49.3 Å². The van der Waals surface area contributed by atoms with Gasteiger partial charge in [0.1, 0.15) is 0 Å². The van der Waals surface area contributed by atoms with Gasteiger partial charge in [-0.2, -0.15) is 11.8 Å². The lowest BCUT2D eigenvalue weighted by Gasteiger charge is -2.09. The van der Waals surface area contributed by atoms with Gasteiger partial charge in [-0.3, -0.25) is 4.79 Å². The molecule has 2 N–H and O–H groups in total. The van der Waals surface area contributed by atoms with Gasteiger partial charge in [0.15, 0.2) is 0 Å². The number of carboxylic acid groups (broad SMARTS) is 1. The minimum absolute atomic E-state index is 0.245. The fourth-order valence-corrected chi connectivity index (χ4v) is 1.50. The standard InChI is InChI=1S/C7H15NO2S/c1-3-11-5-6(4-8-2)7(9)10/h6,8H,3-5H2,1-2H3,(H,9,10)/t6-/m0/s1. The highest BCUT2D eigenvalue weighted by molar-refractivity contribution is 7.99. The molecular weight excluding hydrogens is 162 g/mol. The SMILES string of the molecule is CCSC[C@H](CNC)C(=O)O. The van der Waals surface area contributed by atoms with Crippen molar-refractivity contribution in [2.24, 2.45) is 5.92 Å². The summed E-state index contributed by atoms with van der Waals surface area (Å²) < 4.78 is 0. The van der Waals surface area contributed by atoms with Gasteiger partial charge in [0.25, 0.3) is 0 Å². The van der Waals surface area contributed by atoms with E-state index >= 15 is 0 Å². The number of hydrogen-bond donors (Lipinski definition) is 2. The van der Waals surface area contributed by atoms with Crippen LogP contribution < -0.4 is 5.32 Å². The van der Waals surface area contributed by atoms with Crippen LogP contribution in [-0.2, 0) is 4.79 Å². The van der Waals surface area contributed by atoms with Crippen LogP contribution in [0.3, 0.4) is 0 Å². The molecule has 0 bridgehead atoms. The zero-order valence-electron chi connectivity index (χ0n) is 6.96. The summed E-state index contributed by atoms with van der Waals surface area (Å²) in [5.41, 5.74) is 0. The van der Waals surface area contributed by atoms with E-state index in [-0.39, 0.29) is 5.92 Å². The fraction of sp³-hybridized carbons (Fsp3) is 0.857. The zero-order chi connectivity index (χ0) is 8.69. The molecule has 0 heterocycles. The van der Waals surface area contributed by atoms with Crippen molar-refractivity contribution < 1.29 is 9.90 Å². The van der Waals surface area contributed by atoms with Crippen molar-refractivity contribution in [1.82, 2.24) is 5.32 Å². The summed E-state index contributed by atoms with van der Waals surface area (Å²) >= 11 is 1.66. The van der Waals surface area contributed by atoms with Crippen LogP contribution in [0.4, 0.5) is 0 Å². The van der Waals surface area contributed by atoms with Gasteiger partial charge in [-0.05, 0) is 12.8 Å². The van der Waals surface area contributed by atoms with E-state index in [1.165, 1.54) is 0 Å². The molecule has 0 saturated heterocycles. The van der Waals surface area contributed by atoms with Crippen molar-refractivity contribution in [3.63, 3.8) is 0 Å². The lowest BCUT2D eigenvalue weighted by atomic mass is 10.2. The molecule has 0 aliphatic rings. The van der Waals surface area contributed by atoms with Crippen molar-refractivity contribution >= 4 is 17.7 Å². The zero-order valence-corrected chi connectivity index (χ0v) is 7.78.